The van der Waals surface area contributed by atoms with E-state index in [1.807, 2.05) is 0 Å². The number of allylic oxidation sites excluding steroid dienone is 1. The first-order chi connectivity index (χ1) is 11.8. The first-order valence-electron chi connectivity index (χ1n) is 7.73. The van der Waals surface area contributed by atoms with Gasteiger partial charge in [-0.2, -0.15) is 0 Å². The van der Waals surface area contributed by atoms with Crippen LogP contribution >= 0.6 is 0 Å². The second-order valence-electron chi connectivity index (χ2n) is 5.71. The van der Waals surface area contributed by atoms with Gasteiger partial charge in [0.2, 0.25) is 11.8 Å². The van der Waals surface area contributed by atoms with Crippen LogP contribution < -0.4 is 10.2 Å². The average Bonchev–Trinajstić information content (AvgIpc) is 2.93. The van der Waals surface area contributed by atoms with Gasteiger partial charge in [0, 0.05) is 19.0 Å². The van der Waals surface area contributed by atoms with Crippen molar-refractivity contribution in [3.8, 4) is 0 Å². The Bertz CT molecular complexity index is 721. The number of nitrogens with zero attached hydrogens (tertiary/aromatic N) is 1. The van der Waals surface area contributed by atoms with E-state index in [1.54, 1.807) is 19.1 Å². The lowest BCUT2D eigenvalue weighted by molar-refractivity contribution is -0.142. The lowest BCUT2D eigenvalue weighted by atomic mass is 10.1. The molecule has 2 rings (SSSR count). The molecule has 0 saturated carbocycles. The number of amides is 2. The number of rotatable bonds is 6. The minimum absolute atomic E-state index is 0.0941. The number of aliphatic carboxylic acids is 1. The van der Waals surface area contributed by atoms with E-state index < -0.39 is 41.4 Å². The molecule has 2 atom stereocenters. The Balaban J connectivity index is 2.08. The van der Waals surface area contributed by atoms with Gasteiger partial charge in [0.05, 0.1) is 11.6 Å². The predicted octanol–water partition coefficient (Wildman–Crippen LogP) is 1.85. The zero-order valence-electron chi connectivity index (χ0n) is 13.5. The maximum atomic E-state index is 13.8. The molecule has 0 aromatic heterocycles. The van der Waals surface area contributed by atoms with Gasteiger partial charge in [-0.3, -0.25) is 9.59 Å². The molecule has 0 bridgehead atoms. The van der Waals surface area contributed by atoms with E-state index in [4.69, 9.17) is 5.11 Å². The summed E-state index contributed by atoms with van der Waals surface area (Å²) in [6.07, 6.45) is 3.23. The van der Waals surface area contributed by atoms with Crippen LogP contribution in [0, 0.1) is 17.6 Å². The molecule has 0 spiro atoms. The molecule has 1 aliphatic heterocycles. The number of carbonyl (C=O) groups excluding carboxylic acids is 2. The largest absolute Gasteiger partial charge is 0.480 e. The number of hydrogen-bond donors (Lipinski definition) is 2. The fourth-order valence-electron chi connectivity index (χ4n) is 2.60. The topological polar surface area (TPSA) is 86.7 Å². The van der Waals surface area contributed by atoms with Crippen molar-refractivity contribution in [1.82, 2.24) is 5.32 Å². The third-order valence-electron chi connectivity index (χ3n) is 3.92. The molecule has 1 saturated heterocycles. The smallest absolute Gasteiger partial charge is 0.326 e. The lowest BCUT2D eigenvalue weighted by Gasteiger charge is -2.18. The van der Waals surface area contributed by atoms with Crippen LogP contribution in [0.25, 0.3) is 0 Å². The van der Waals surface area contributed by atoms with Crippen molar-refractivity contribution in [3.05, 3.63) is 42.0 Å². The molecule has 25 heavy (non-hydrogen) atoms. The van der Waals surface area contributed by atoms with Gasteiger partial charge in [0.1, 0.15) is 17.7 Å². The van der Waals surface area contributed by atoms with E-state index in [2.05, 4.69) is 5.32 Å². The van der Waals surface area contributed by atoms with Crippen LogP contribution in [0.15, 0.2) is 30.4 Å². The van der Waals surface area contributed by atoms with E-state index in [1.165, 1.54) is 0 Å². The Hall–Kier alpha value is -2.77. The molecule has 1 aromatic carbocycles. The van der Waals surface area contributed by atoms with Crippen molar-refractivity contribution in [3.63, 3.8) is 0 Å². The number of benzene rings is 1. The summed E-state index contributed by atoms with van der Waals surface area (Å²) in [4.78, 5) is 36.6. The fraction of sp³-hybridized carbons (Fsp3) is 0.353. The lowest BCUT2D eigenvalue weighted by Crippen LogP contribution is -2.44. The van der Waals surface area contributed by atoms with Crippen LogP contribution in [0.4, 0.5) is 14.5 Å². The van der Waals surface area contributed by atoms with Crippen LogP contribution in [0.1, 0.15) is 19.8 Å². The molecule has 2 unspecified atom stereocenters. The van der Waals surface area contributed by atoms with Gasteiger partial charge in [-0.15, -0.1) is 0 Å². The number of nitrogens with one attached hydrogen (secondary N) is 1. The first-order valence-corrected chi connectivity index (χ1v) is 7.73. The maximum Gasteiger partial charge on any atom is 0.326 e. The molecule has 0 radical (unpaired) electrons. The molecule has 1 aromatic rings. The van der Waals surface area contributed by atoms with Crippen LogP contribution in [0.2, 0.25) is 0 Å². The second-order valence-corrected chi connectivity index (χ2v) is 5.71. The Labute approximate surface area is 143 Å². The Morgan fingerprint density at radius 2 is 2.16 bits per heavy atom. The normalized spacial score (nSPS) is 18.6. The van der Waals surface area contributed by atoms with E-state index in [9.17, 15) is 23.2 Å². The molecule has 2 amide bonds. The number of halogens is 2. The summed E-state index contributed by atoms with van der Waals surface area (Å²) in [5.74, 6) is -4.72. The standard InChI is InChI=1S/C17H18F2N2O4/c1-2-3-4-13(17(24)25)20-16(23)10-7-15(22)21(9-10)14-6-5-11(18)8-12(14)19/h2-3,5-6,8,10,13H,4,7,9H2,1H3,(H,20,23)(H,24,25)/b3-2+. The maximum absolute atomic E-state index is 13.8. The number of carboxylic acid groups (broad SMARTS) is 1. The van der Waals surface area contributed by atoms with Gasteiger partial charge in [0.15, 0.2) is 0 Å². The van der Waals surface area contributed by atoms with Gasteiger partial charge in [0.25, 0.3) is 0 Å². The summed E-state index contributed by atoms with van der Waals surface area (Å²) < 4.78 is 26.8. The summed E-state index contributed by atoms with van der Waals surface area (Å²) in [5.41, 5.74) is -0.106. The fourth-order valence-corrected chi connectivity index (χ4v) is 2.60. The summed E-state index contributed by atoms with van der Waals surface area (Å²) in [5, 5.41) is 11.5. The van der Waals surface area contributed by atoms with Crippen molar-refractivity contribution >= 4 is 23.5 Å². The molecule has 1 heterocycles. The summed E-state index contributed by atoms with van der Waals surface area (Å²) in [7, 11) is 0. The molecule has 6 nitrogen and oxygen atoms in total. The number of carbonyl (C=O) groups is 3. The highest BCUT2D eigenvalue weighted by molar-refractivity contribution is 6.00. The molecule has 1 fully saturated rings. The summed E-state index contributed by atoms with van der Waals surface area (Å²) in [6.45, 7) is 1.63. The molecule has 2 N–H and O–H groups in total. The van der Waals surface area contributed by atoms with Crippen LogP contribution in [-0.4, -0.2) is 35.5 Å². The zero-order chi connectivity index (χ0) is 18.6. The van der Waals surface area contributed by atoms with Crippen molar-refractivity contribution in [2.24, 2.45) is 5.92 Å². The van der Waals surface area contributed by atoms with Crippen molar-refractivity contribution in [1.29, 1.82) is 0 Å². The highest BCUT2D eigenvalue weighted by Gasteiger charge is 2.37. The minimum atomic E-state index is -1.18. The Morgan fingerprint density at radius 3 is 2.76 bits per heavy atom. The van der Waals surface area contributed by atoms with Crippen molar-refractivity contribution in [2.45, 2.75) is 25.8 Å². The molecule has 0 aliphatic carbocycles. The summed E-state index contributed by atoms with van der Waals surface area (Å²) in [6, 6.07) is 1.72. The van der Waals surface area contributed by atoms with Gasteiger partial charge in [-0.05, 0) is 25.5 Å². The Morgan fingerprint density at radius 1 is 1.44 bits per heavy atom. The van der Waals surface area contributed by atoms with Crippen molar-refractivity contribution in [2.75, 3.05) is 11.4 Å². The highest BCUT2D eigenvalue weighted by atomic mass is 19.1. The monoisotopic (exact) mass is 352 g/mol. The minimum Gasteiger partial charge on any atom is -0.480 e. The van der Waals surface area contributed by atoms with Gasteiger partial charge < -0.3 is 15.3 Å². The van der Waals surface area contributed by atoms with Crippen LogP contribution in [0.3, 0.4) is 0 Å². The predicted molar refractivity (Wildman–Crippen MR) is 85.8 cm³/mol. The number of carboxylic acids is 1. The van der Waals surface area contributed by atoms with E-state index in [0.29, 0.717) is 6.07 Å². The SMILES string of the molecule is C/C=C/CC(NC(=O)C1CC(=O)N(c2ccc(F)cc2F)C1)C(=O)O. The quantitative estimate of drug-likeness (QED) is 0.765. The number of anilines is 1. The molecular weight excluding hydrogens is 334 g/mol. The Kier molecular flexibility index (Phi) is 5.84. The van der Waals surface area contributed by atoms with Crippen molar-refractivity contribution < 1.29 is 28.3 Å². The molecule has 1 aliphatic rings. The van der Waals surface area contributed by atoms with Gasteiger partial charge >= 0.3 is 5.97 Å². The zero-order valence-corrected chi connectivity index (χ0v) is 13.5. The summed E-state index contributed by atoms with van der Waals surface area (Å²) >= 11 is 0. The van der Waals surface area contributed by atoms with Gasteiger partial charge in [-0.1, -0.05) is 12.2 Å². The second kappa shape index (κ2) is 7.87. The van der Waals surface area contributed by atoms with E-state index >= 15 is 0 Å². The molecule has 134 valence electrons. The third-order valence-corrected chi connectivity index (χ3v) is 3.92. The molecule has 8 heteroatoms. The van der Waals surface area contributed by atoms with Crippen LogP contribution in [0.5, 0.6) is 0 Å². The average molecular weight is 352 g/mol. The first kappa shape index (κ1) is 18.6. The number of hydrogen-bond acceptors (Lipinski definition) is 3. The van der Waals surface area contributed by atoms with E-state index in [0.717, 1.165) is 17.0 Å². The highest BCUT2D eigenvalue weighted by Crippen LogP contribution is 2.28. The van der Waals surface area contributed by atoms with Crippen LogP contribution in [-0.2, 0) is 14.4 Å². The molecular formula is C17H18F2N2O4. The third kappa shape index (κ3) is 4.40. The van der Waals surface area contributed by atoms with Gasteiger partial charge in [-0.25, -0.2) is 13.6 Å². The van der Waals surface area contributed by atoms with E-state index in [-0.39, 0.29) is 25.1 Å².